The van der Waals surface area contributed by atoms with Crippen molar-refractivity contribution in [3.63, 3.8) is 0 Å². The van der Waals surface area contributed by atoms with Gasteiger partial charge in [-0.1, -0.05) is 6.58 Å². The summed E-state index contributed by atoms with van der Waals surface area (Å²) in [5.74, 6) is -1.15. The van der Waals surface area contributed by atoms with Crippen LogP contribution in [0.25, 0.3) is 0 Å². The minimum Gasteiger partial charge on any atom is -0.748 e. The summed E-state index contributed by atoms with van der Waals surface area (Å²) in [4.78, 5) is 10.8. The number of carbonyl (C=O) groups excluding carboxylic acids is 1. The molecule has 7 nitrogen and oxygen atoms in total. The van der Waals surface area contributed by atoms with Crippen LogP contribution in [-0.2, 0) is 14.9 Å². The van der Waals surface area contributed by atoms with Crippen LogP contribution < -0.4 is 5.32 Å². The van der Waals surface area contributed by atoms with E-state index in [0.29, 0.717) is 6.61 Å². The summed E-state index contributed by atoms with van der Waals surface area (Å²) in [6.45, 7) is 7.47. The first-order valence-corrected chi connectivity index (χ1v) is 8.09. The van der Waals surface area contributed by atoms with Crippen molar-refractivity contribution in [1.82, 2.24) is 5.32 Å². The Morgan fingerprint density at radius 1 is 1.38 bits per heavy atom. The Hall–Kier alpha value is -0.960. The van der Waals surface area contributed by atoms with Gasteiger partial charge in [-0.15, -0.1) is 0 Å². The van der Waals surface area contributed by atoms with Gasteiger partial charge in [0.2, 0.25) is 5.91 Å². The fourth-order valence-corrected chi connectivity index (χ4v) is 2.36. The molecule has 0 unspecified atom stereocenters. The van der Waals surface area contributed by atoms with Crippen LogP contribution in [0.4, 0.5) is 0 Å². The third-order valence-corrected chi connectivity index (χ3v) is 3.25. The minimum absolute atomic E-state index is 0.315. The number of hydrogen-bond donors (Lipinski definition) is 2. The van der Waals surface area contributed by atoms with Crippen molar-refractivity contribution >= 4 is 16.0 Å². The maximum absolute atomic E-state index is 10.8. The van der Waals surface area contributed by atoms with Gasteiger partial charge in [0.1, 0.15) is 0 Å². The number of aliphatic hydroxyl groups excluding tert-OH is 1. The first-order chi connectivity index (χ1) is 9.22. The predicted molar refractivity (Wildman–Crippen MR) is 81.6 cm³/mol. The van der Waals surface area contributed by atoms with Crippen LogP contribution in [0.1, 0.15) is 20.3 Å². The van der Waals surface area contributed by atoms with E-state index in [0.717, 1.165) is 23.5 Å². The van der Waals surface area contributed by atoms with Crippen LogP contribution in [0, 0.1) is 0 Å². The number of amides is 1. The molecule has 21 heavy (non-hydrogen) atoms. The number of hydrogen-bond acceptors (Lipinski definition) is 5. The maximum Gasteiger partial charge on any atom is 0.243 e. The van der Waals surface area contributed by atoms with Crippen molar-refractivity contribution in [2.24, 2.45) is 0 Å². The average molecular weight is 324 g/mol. The summed E-state index contributed by atoms with van der Waals surface area (Å²) < 4.78 is 32.1. The number of aliphatic hydroxyl groups is 1. The molecule has 0 bridgehead atoms. The van der Waals surface area contributed by atoms with E-state index in [2.05, 4.69) is 33.0 Å². The van der Waals surface area contributed by atoms with Crippen molar-refractivity contribution in [3.8, 4) is 0 Å². The number of carbonyl (C=O) groups is 1. The standard InChI is InChI=1S/C7H13NO4S.C6H16NO/c1-4-6(9)8-7(2,3)5-13(10,11)12;1-7(2,3)5-4-6-8/h4H,1,5H2,2-3H3,(H,8,9)(H,10,11,12);8H,4-6H2,1-3H3/q;+1/p-1. The fraction of sp³-hybridized carbons (Fsp3) is 0.769. The molecule has 0 saturated heterocycles. The molecular formula is C13H28N2O5S. The van der Waals surface area contributed by atoms with Crippen LogP contribution in [-0.4, -0.2) is 74.1 Å². The predicted octanol–water partition coefficient (Wildman–Crippen LogP) is -0.313. The van der Waals surface area contributed by atoms with E-state index in [1.165, 1.54) is 13.8 Å². The molecule has 2 N–H and O–H groups in total. The number of nitrogens with one attached hydrogen (secondary N) is 1. The van der Waals surface area contributed by atoms with E-state index in [4.69, 9.17) is 5.11 Å². The summed E-state index contributed by atoms with van der Waals surface area (Å²) in [6.07, 6.45) is 1.92. The molecule has 0 radical (unpaired) electrons. The summed E-state index contributed by atoms with van der Waals surface area (Å²) in [5.41, 5.74) is -1.06. The molecule has 8 heteroatoms. The van der Waals surface area contributed by atoms with Gasteiger partial charge in [0.05, 0.1) is 43.6 Å². The fourth-order valence-electron chi connectivity index (χ4n) is 1.41. The second-order valence-electron chi connectivity index (χ2n) is 6.37. The van der Waals surface area contributed by atoms with E-state index in [1.54, 1.807) is 0 Å². The largest absolute Gasteiger partial charge is 0.748 e. The second kappa shape index (κ2) is 9.14. The zero-order chi connectivity index (χ0) is 17.3. The minimum atomic E-state index is -4.33. The highest BCUT2D eigenvalue weighted by Gasteiger charge is 2.22. The summed E-state index contributed by atoms with van der Waals surface area (Å²) >= 11 is 0. The number of quaternary nitrogens is 1. The Morgan fingerprint density at radius 3 is 2.10 bits per heavy atom. The molecule has 0 atom stereocenters. The number of nitrogens with zero attached hydrogens (tertiary/aromatic N) is 1. The van der Waals surface area contributed by atoms with Crippen LogP contribution >= 0.6 is 0 Å². The van der Waals surface area contributed by atoms with Gasteiger partial charge in [-0.2, -0.15) is 0 Å². The van der Waals surface area contributed by atoms with E-state index in [-0.39, 0.29) is 0 Å². The van der Waals surface area contributed by atoms with Gasteiger partial charge in [0.25, 0.3) is 0 Å². The molecule has 0 saturated carbocycles. The first kappa shape index (κ1) is 22.3. The Morgan fingerprint density at radius 2 is 1.86 bits per heavy atom. The molecule has 0 aromatic carbocycles. The molecule has 0 aromatic heterocycles. The lowest BCUT2D eigenvalue weighted by Crippen LogP contribution is -2.47. The van der Waals surface area contributed by atoms with Crippen molar-refractivity contribution in [1.29, 1.82) is 0 Å². The van der Waals surface area contributed by atoms with Gasteiger partial charge in [0, 0.05) is 18.6 Å². The molecule has 0 heterocycles. The monoisotopic (exact) mass is 324 g/mol. The Balaban J connectivity index is 0. The van der Waals surface area contributed by atoms with Crippen molar-refractivity contribution in [3.05, 3.63) is 12.7 Å². The highest BCUT2D eigenvalue weighted by molar-refractivity contribution is 7.85. The smallest absolute Gasteiger partial charge is 0.243 e. The van der Waals surface area contributed by atoms with Crippen molar-refractivity contribution in [2.45, 2.75) is 25.8 Å². The van der Waals surface area contributed by atoms with Crippen LogP contribution in [0.2, 0.25) is 0 Å². The molecule has 0 aliphatic heterocycles. The zero-order valence-corrected chi connectivity index (χ0v) is 14.4. The van der Waals surface area contributed by atoms with Gasteiger partial charge in [-0.05, 0) is 19.9 Å². The third kappa shape index (κ3) is 19.0. The Bertz CT molecular complexity index is 424. The highest BCUT2D eigenvalue weighted by Crippen LogP contribution is 2.05. The van der Waals surface area contributed by atoms with Crippen LogP contribution in [0.5, 0.6) is 0 Å². The van der Waals surface area contributed by atoms with E-state index in [1.807, 2.05) is 0 Å². The van der Waals surface area contributed by atoms with E-state index < -0.39 is 27.3 Å². The first-order valence-electron chi connectivity index (χ1n) is 6.52. The van der Waals surface area contributed by atoms with Gasteiger partial charge in [0.15, 0.2) is 0 Å². The van der Waals surface area contributed by atoms with Gasteiger partial charge in [-0.25, -0.2) is 8.42 Å². The molecule has 0 spiro atoms. The van der Waals surface area contributed by atoms with E-state index >= 15 is 0 Å². The van der Waals surface area contributed by atoms with Crippen molar-refractivity contribution in [2.75, 3.05) is 40.0 Å². The van der Waals surface area contributed by atoms with E-state index in [9.17, 15) is 17.8 Å². The lowest BCUT2D eigenvalue weighted by Gasteiger charge is -2.26. The molecule has 126 valence electrons. The highest BCUT2D eigenvalue weighted by atomic mass is 32.2. The van der Waals surface area contributed by atoms with Gasteiger partial charge < -0.3 is 19.5 Å². The summed E-state index contributed by atoms with van der Waals surface area (Å²) in [6, 6.07) is 0. The topological polar surface area (TPSA) is 107 Å². The van der Waals surface area contributed by atoms with Crippen LogP contribution in [0.15, 0.2) is 12.7 Å². The Labute approximate surface area is 128 Å². The van der Waals surface area contributed by atoms with Gasteiger partial charge >= 0.3 is 0 Å². The van der Waals surface area contributed by atoms with Crippen LogP contribution in [0.3, 0.4) is 0 Å². The maximum atomic E-state index is 10.8. The zero-order valence-electron chi connectivity index (χ0n) is 13.5. The third-order valence-electron chi connectivity index (χ3n) is 2.17. The molecule has 0 aliphatic rings. The Kier molecular flexibility index (Phi) is 9.71. The molecule has 1 amide bonds. The lowest BCUT2D eigenvalue weighted by molar-refractivity contribution is -0.870. The summed E-state index contributed by atoms with van der Waals surface area (Å²) in [7, 11) is 2.03. The average Bonchev–Trinajstić information content (AvgIpc) is 2.21. The molecule has 0 fully saturated rings. The molecule has 0 rings (SSSR count). The number of rotatable bonds is 7. The molecule has 0 aliphatic carbocycles. The second-order valence-corrected chi connectivity index (χ2v) is 7.77. The normalized spacial score (nSPS) is 12.1. The quantitative estimate of drug-likeness (QED) is 0.379. The lowest BCUT2D eigenvalue weighted by atomic mass is 10.1. The SMILES string of the molecule is C=CC(=O)NC(C)(C)CS(=O)(=O)[O-].C[N+](C)(C)CCCO. The van der Waals surface area contributed by atoms with Crippen molar-refractivity contribution < 1.29 is 27.4 Å². The molecular weight excluding hydrogens is 296 g/mol. The van der Waals surface area contributed by atoms with Gasteiger partial charge in [-0.3, -0.25) is 4.79 Å². The summed E-state index contributed by atoms with van der Waals surface area (Å²) in [5, 5.41) is 10.7. The molecule has 0 aromatic rings.